The van der Waals surface area contributed by atoms with Crippen molar-refractivity contribution >= 4 is 18.7 Å². The van der Waals surface area contributed by atoms with Crippen molar-refractivity contribution in [2.45, 2.75) is 95.4 Å². The maximum Gasteiger partial charge on any atom is 0.261 e. The fraction of sp³-hybridized carbons (Fsp3) is 0.435. The molecule has 1 saturated heterocycles. The van der Waals surface area contributed by atoms with Gasteiger partial charge in [0.1, 0.15) is 18.0 Å². The van der Waals surface area contributed by atoms with Crippen LogP contribution >= 0.6 is 0 Å². The summed E-state index contributed by atoms with van der Waals surface area (Å²) in [4.78, 5) is 0. The average molecular weight is 751 g/mol. The highest BCUT2D eigenvalue weighted by molar-refractivity contribution is 6.99. The van der Waals surface area contributed by atoms with E-state index in [4.69, 9.17) is 32.8 Å². The van der Waals surface area contributed by atoms with Gasteiger partial charge in [0, 0.05) is 26.1 Å². The van der Waals surface area contributed by atoms with Gasteiger partial charge < -0.3 is 32.8 Å². The molecule has 1 spiro atoms. The fourth-order valence-corrected chi connectivity index (χ4v) is 12.5. The second-order valence-electron chi connectivity index (χ2n) is 15.6. The number of benzene rings is 4. The van der Waals surface area contributed by atoms with E-state index < -0.39 is 26.3 Å². The lowest BCUT2D eigenvalue weighted by Crippen LogP contribution is -2.67. The van der Waals surface area contributed by atoms with Crippen molar-refractivity contribution in [3.05, 3.63) is 139 Å². The molecule has 6 rings (SSSR count). The summed E-state index contributed by atoms with van der Waals surface area (Å²) in [5.41, 5.74) is 2.19. The van der Waals surface area contributed by atoms with E-state index in [0.717, 1.165) is 29.7 Å². The highest BCUT2D eigenvalue weighted by atomic mass is 28.4. The summed E-state index contributed by atoms with van der Waals surface area (Å²) < 4.78 is 46.0. The zero-order valence-corrected chi connectivity index (χ0v) is 33.8. The maximum absolute atomic E-state index is 7.49. The predicted molar refractivity (Wildman–Crippen MR) is 217 cm³/mol. The minimum Gasteiger partial charge on any atom is -0.497 e. The van der Waals surface area contributed by atoms with Gasteiger partial charge in [0.15, 0.2) is 5.79 Å². The standard InChI is InChI=1S/C46H58O7Si/c1-35-26-29-46(52-41(35)28-31-49-32-37-22-24-38(47-5)25-23-37)30-27-42(48-6)44(53-46)43(50-33-36-16-10-7-11-17-36)34-51-54(45(2,3)4,39-18-12-8-13-19-39)40-20-14-9-15-21-40/h7-26,29,35,41-44H,27-28,30-34H2,1-6H3/t35-,41+,42+,43+,44+,46+/m1/s1. The number of ether oxygens (including phenoxy) is 6. The molecule has 4 aromatic carbocycles. The van der Waals surface area contributed by atoms with Crippen molar-refractivity contribution in [3.8, 4) is 5.75 Å². The third-order valence-electron chi connectivity index (χ3n) is 10.9. The maximum atomic E-state index is 7.49. The number of hydrogen-bond acceptors (Lipinski definition) is 7. The molecule has 2 heterocycles. The molecular formula is C46H58O7Si. The molecular weight excluding hydrogens is 693 g/mol. The van der Waals surface area contributed by atoms with Crippen molar-refractivity contribution in [2.75, 3.05) is 27.4 Å². The Kier molecular flexibility index (Phi) is 13.6. The Morgan fingerprint density at radius 2 is 1.39 bits per heavy atom. The Balaban J connectivity index is 1.24. The largest absolute Gasteiger partial charge is 0.497 e. The first kappa shape index (κ1) is 40.1. The molecule has 2 aliphatic rings. The third kappa shape index (κ3) is 9.43. The summed E-state index contributed by atoms with van der Waals surface area (Å²) in [7, 11) is 0.564. The van der Waals surface area contributed by atoms with Gasteiger partial charge in [0.25, 0.3) is 8.32 Å². The van der Waals surface area contributed by atoms with Crippen LogP contribution in [-0.2, 0) is 41.3 Å². The summed E-state index contributed by atoms with van der Waals surface area (Å²) in [5, 5.41) is 2.25. The van der Waals surface area contributed by atoms with Crippen molar-refractivity contribution in [2.24, 2.45) is 5.92 Å². The second-order valence-corrected chi connectivity index (χ2v) is 19.9. The molecule has 0 saturated carbocycles. The molecule has 0 radical (unpaired) electrons. The number of hydrogen-bond donors (Lipinski definition) is 0. The first-order chi connectivity index (χ1) is 26.2. The molecule has 8 heteroatoms. The van der Waals surface area contributed by atoms with Gasteiger partial charge in [-0.15, -0.1) is 0 Å². The highest BCUT2D eigenvalue weighted by Gasteiger charge is 2.52. The molecule has 0 bridgehead atoms. The lowest BCUT2D eigenvalue weighted by atomic mass is 9.90. The quantitative estimate of drug-likeness (QED) is 0.0650. The lowest BCUT2D eigenvalue weighted by Gasteiger charge is -2.49. The highest BCUT2D eigenvalue weighted by Crippen LogP contribution is 2.41. The van der Waals surface area contributed by atoms with Crippen LogP contribution in [0.5, 0.6) is 5.75 Å². The molecule has 288 valence electrons. The Bertz CT molecular complexity index is 1690. The van der Waals surface area contributed by atoms with Crippen molar-refractivity contribution < 1.29 is 32.8 Å². The lowest BCUT2D eigenvalue weighted by molar-refractivity contribution is -0.317. The SMILES string of the molecule is COc1ccc(COCC[C@@H]2O[C@]3(C=C[C@H]2C)CC[C@H](OC)[C@@H]([C@H](CO[Si](c2ccccc2)(c2ccccc2)C(C)(C)C)OCc2ccccc2)O3)cc1. The molecule has 0 aliphatic carbocycles. The first-order valence-corrected chi connectivity index (χ1v) is 21.3. The molecule has 0 unspecified atom stereocenters. The molecule has 6 atom stereocenters. The molecule has 2 aliphatic heterocycles. The molecule has 0 N–H and O–H groups in total. The van der Waals surface area contributed by atoms with E-state index in [1.165, 1.54) is 10.4 Å². The van der Waals surface area contributed by atoms with Crippen LogP contribution in [0.25, 0.3) is 0 Å². The Morgan fingerprint density at radius 3 is 1.98 bits per heavy atom. The van der Waals surface area contributed by atoms with Crippen molar-refractivity contribution in [1.82, 2.24) is 0 Å². The monoisotopic (exact) mass is 750 g/mol. The smallest absolute Gasteiger partial charge is 0.261 e. The molecule has 54 heavy (non-hydrogen) atoms. The second kappa shape index (κ2) is 18.4. The molecule has 0 amide bonds. The van der Waals surface area contributed by atoms with Crippen LogP contribution in [0.2, 0.25) is 5.04 Å². The summed E-state index contributed by atoms with van der Waals surface area (Å²) >= 11 is 0. The van der Waals surface area contributed by atoms with Gasteiger partial charge in [-0.2, -0.15) is 0 Å². The number of methoxy groups -OCH3 is 2. The van der Waals surface area contributed by atoms with Gasteiger partial charge in [0.05, 0.1) is 39.1 Å². The van der Waals surface area contributed by atoms with E-state index in [2.05, 4.69) is 113 Å². The normalized spacial score (nSPS) is 23.7. The summed E-state index contributed by atoms with van der Waals surface area (Å²) in [6, 6.07) is 39.7. The predicted octanol–water partition coefficient (Wildman–Crippen LogP) is 8.25. The summed E-state index contributed by atoms with van der Waals surface area (Å²) in [6.07, 6.45) is 5.36. The van der Waals surface area contributed by atoms with Gasteiger partial charge in [-0.3, -0.25) is 0 Å². The van der Waals surface area contributed by atoms with Crippen LogP contribution in [0.4, 0.5) is 0 Å². The van der Waals surface area contributed by atoms with E-state index in [9.17, 15) is 0 Å². The van der Waals surface area contributed by atoms with Crippen LogP contribution in [0.15, 0.2) is 127 Å². The molecule has 7 nitrogen and oxygen atoms in total. The fourth-order valence-electron chi connectivity index (χ4n) is 7.89. The van der Waals surface area contributed by atoms with E-state index in [1.807, 2.05) is 42.5 Å². The van der Waals surface area contributed by atoms with Gasteiger partial charge in [-0.05, 0) is 57.6 Å². The van der Waals surface area contributed by atoms with Gasteiger partial charge in [0.2, 0.25) is 0 Å². The summed E-state index contributed by atoms with van der Waals surface area (Å²) in [5.74, 6) is 0.147. The van der Waals surface area contributed by atoms with Gasteiger partial charge in [-0.25, -0.2) is 0 Å². The number of rotatable bonds is 16. The van der Waals surface area contributed by atoms with Crippen molar-refractivity contribution in [3.63, 3.8) is 0 Å². The van der Waals surface area contributed by atoms with Crippen LogP contribution in [0.3, 0.4) is 0 Å². The first-order valence-electron chi connectivity index (χ1n) is 19.4. The van der Waals surface area contributed by atoms with Gasteiger partial charge >= 0.3 is 0 Å². The van der Waals surface area contributed by atoms with Crippen LogP contribution in [0.1, 0.15) is 58.1 Å². The van der Waals surface area contributed by atoms with E-state index >= 15 is 0 Å². The van der Waals surface area contributed by atoms with Crippen molar-refractivity contribution in [1.29, 1.82) is 0 Å². The van der Waals surface area contributed by atoms with Gasteiger partial charge in [-0.1, -0.05) is 137 Å². The molecule has 1 fully saturated rings. The zero-order chi connectivity index (χ0) is 38.0. The van der Waals surface area contributed by atoms with Crippen LogP contribution in [-0.4, -0.2) is 66.0 Å². The van der Waals surface area contributed by atoms with Crippen LogP contribution < -0.4 is 15.1 Å². The Labute approximate surface area is 323 Å². The minimum absolute atomic E-state index is 0.0670. The molecule has 0 aromatic heterocycles. The Hall–Kier alpha value is -3.60. The topological polar surface area (TPSA) is 64.6 Å². The van der Waals surface area contributed by atoms with Crippen LogP contribution in [0, 0.1) is 5.92 Å². The Morgan fingerprint density at radius 1 is 0.778 bits per heavy atom. The summed E-state index contributed by atoms with van der Waals surface area (Å²) in [6.45, 7) is 10.9. The zero-order valence-electron chi connectivity index (χ0n) is 32.8. The third-order valence-corrected chi connectivity index (χ3v) is 15.9. The minimum atomic E-state index is -2.87. The average Bonchev–Trinajstić information content (AvgIpc) is 3.20. The van der Waals surface area contributed by atoms with E-state index in [0.29, 0.717) is 32.8 Å². The van der Waals surface area contributed by atoms with E-state index in [1.54, 1.807) is 14.2 Å². The molecule has 4 aromatic rings. The van der Waals surface area contributed by atoms with E-state index in [-0.39, 0.29) is 23.2 Å².